The predicted molar refractivity (Wildman–Crippen MR) is 81.3 cm³/mol. The molecule has 114 valence electrons. The summed E-state index contributed by atoms with van der Waals surface area (Å²) >= 11 is 0. The van der Waals surface area contributed by atoms with E-state index in [-0.39, 0.29) is 17.5 Å². The van der Waals surface area contributed by atoms with Gasteiger partial charge in [-0.1, -0.05) is 17.9 Å². The third-order valence-electron chi connectivity index (χ3n) is 3.23. The van der Waals surface area contributed by atoms with Crippen molar-refractivity contribution in [1.82, 2.24) is 4.72 Å². The van der Waals surface area contributed by atoms with Crippen LogP contribution in [0.1, 0.15) is 24.0 Å². The summed E-state index contributed by atoms with van der Waals surface area (Å²) in [6.07, 6.45) is 1.65. The molecule has 1 saturated heterocycles. The zero-order valence-corrected chi connectivity index (χ0v) is 12.9. The average molecular weight is 308 g/mol. The molecule has 1 unspecified atom stereocenters. The fraction of sp³-hybridized carbons (Fsp3) is 0.467. The molecule has 3 N–H and O–H groups in total. The number of hydrogen-bond donors (Lipinski definition) is 2. The second-order valence-electron chi connectivity index (χ2n) is 5.04. The second-order valence-corrected chi connectivity index (χ2v) is 6.72. The van der Waals surface area contributed by atoms with E-state index in [9.17, 15) is 8.42 Å². The van der Waals surface area contributed by atoms with Gasteiger partial charge in [0.15, 0.2) is 0 Å². The van der Waals surface area contributed by atoms with Crippen LogP contribution in [-0.2, 0) is 14.8 Å². The Morgan fingerprint density at radius 3 is 2.95 bits per heavy atom. The molecule has 0 amide bonds. The van der Waals surface area contributed by atoms with Gasteiger partial charge in [-0.25, -0.2) is 13.1 Å². The number of sulfonamides is 1. The molecule has 6 heteroatoms. The first-order valence-electron chi connectivity index (χ1n) is 6.92. The first-order valence-corrected chi connectivity index (χ1v) is 8.41. The summed E-state index contributed by atoms with van der Waals surface area (Å²) in [4.78, 5) is 0.194. The van der Waals surface area contributed by atoms with Crippen LogP contribution in [0.4, 0.5) is 0 Å². The lowest BCUT2D eigenvalue weighted by Crippen LogP contribution is -2.40. The Bertz CT molecular complexity index is 653. The Kier molecular flexibility index (Phi) is 5.37. The standard InChI is InChI=1S/C15H20N2O3S/c1-12-6-7-15(13(10-12)4-2-8-16)21(18,19)17-14-5-3-9-20-11-14/h6-7,10,14,17H,3,5,8-9,11,16H2,1H3. The summed E-state index contributed by atoms with van der Waals surface area (Å²) in [6.45, 7) is 3.19. The van der Waals surface area contributed by atoms with Crippen molar-refractivity contribution in [2.75, 3.05) is 19.8 Å². The van der Waals surface area contributed by atoms with Crippen molar-refractivity contribution in [2.45, 2.75) is 30.7 Å². The van der Waals surface area contributed by atoms with Gasteiger partial charge in [0.25, 0.3) is 0 Å². The van der Waals surface area contributed by atoms with Gasteiger partial charge in [0.05, 0.1) is 18.0 Å². The molecular formula is C15H20N2O3S. The minimum absolute atomic E-state index is 0.180. The molecule has 1 atom stereocenters. The molecule has 1 aromatic carbocycles. The van der Waals surface area contributed by atoms with Crippen LogP contribution in [0.3, 0.4) is 0 Å². The summed E-state index contributed by atoms with van der Waals surface area (Å²) in [5, 5.41) is 0. The third kappa shape index (κ3) is 4.29. The SMILES string of the molecule is Cc1ccc(S(=O)(=O)NC2CCCOC2)c(C#CCN)c1. The highest BCUT2D eigenvalue weighted by Crippen LogP contribution is 2.18. The topological polar surface area (TPSA) is 81.4 Å². The van der Waals surface area contributed by atoms with E-state index >= 15 is 0 Å². The van der Waals surface area contributed by atoms with Crippen LogP contribution in [0.25, 0.3) is 0 Å². The Hall–Kier alpha value is -1.39. The Balaban J connectivity index is 2.30. The normalized spacial score (nSPS) is 18.9. The number of rotatable bonds is 3. The van der Waals surface area contributed by atoms with Crippen molar-refractivity contribution in [2.24, 2.45) is 5.73 Å². The Labute approximate surface area is 125 Å². The van der Waals surface area contributed by atoms with Crippen LogP contribution in [0.2, 0.25) is 0 Å². The Morgan fingerprint density at radius 1 is 1.48 bits per heavy atom. The van der Waals surface area contributed by atoms with Gasteiger partial charge in [0, 0.05) is 18.2 Å². The average Bonchev–Trinajstić information content (AvgIpc) is 2.45. The molecule has 1 aromatic rings. The molecule has 2 rings (SSSR count). The van der Waals surface area contributed by atoms with Crippen LogP contribution in [0, 0.1) is 18.8 Å². The maximum atomic E-state index is 12.5. The lowest BCUT2D eigenvalue weighted by atomic mass is 10.1. The maximum absolute atomic E-state index is 12.5. The number of nitrogens with one attached hydrogen (secondary N) is 1. The molecule has 5 nitrogen and oxygen atoms in total. The first kappa shape index (κ1) is 16.0. The van der Waals surface area contributed by atoms with Gasteiger partial charge in [0.2, 0.25) is 10.0 Å². The van der Waals surface area contributed by atoms with Gasteiger partial charge >= 0.3 is 0 Å². The molecule has 1 heterocycles. The van der Waals surface area contributed by atoms with E-state index in [1.54, 1.807) is 18.2 Å². The van der Waals surface area contributed by atoms with Gasteiger partial charge in [0.1, 0.15) is 0 Å². The van der Waals surface area contributed by atoms with E-state index in [0.29, 0.717) is 18.8 Å². The molecule has 1 aliphatic rings. The van der Waals surface area contributed by atoms with Gasteiger partial charge in [-0.15, -0.1) is 0 Å². The largest absolute Gasteiger partial charge is 0.380 e. The van der Waals surface area contributed by atoms with Crippen LogP contribution >= 0.6 is 0 Å². The molecule has 0 radical (unpaired) electrons. The smallest absolute Gasteiger partial charge is 0.242 e. The summed E-state index contributed by atoms with van der Waals surface area (Å²) in [7, 11) is -3.61. The fourth-order valence-electron chi connectivity index (χ4n) is 2.24. The zero-order chi connectivity index (χ0) is 15.3. The maximum Gasteiger partial charge on any atom is 0.242 e. The van der Waals surface area contributed by atoms with E-state index < -0.39 is 10.0 Å². The van der Waals surface area contributed by atoms with E-state index in [0.717, 1.165) is 18.4 Å². The minimum Gasteiger partial charge on any atom is -0.380 e. The monoisotopic (exact) mass is 308 g/mol. The first-order chi connectivity index (χ1) is 10.0. The molecule has 0 bridgehead atoms. The third-order valence-corrected chi connectivity index (χ3v) is 4.81. The predicted octanol–water partition coefficient (Wildman–Crippen LogP) is 0.763. The highest BCUT2D eigenvalue weighted by molar-refractivity contribution is 7.89. The van der Waals surface area contributed by atoms with Crippen molar-refractivity contribution in [3.63, 3.8) is 0 Å². The quantitative estimate of drug-likeness (QED) is 0.808. The lowest BCUT2D eigenvalue weighted by Gasteiger charge is -2.23. The molecule has 21 heavy (non-hydrogen) atoms. The number of nitrogens with two attached hydrogens (primary N) is 1. The lowest BCUT2D eigenvalue weighted by molar-refractivity contribution is 0.0774. The summed E-state index contributed by atoms with van der Waals surface area (Å²) < 4.78 is 33.1. The second kappa shape index (κ2) is 7.05. The number of benzene rings is 1. The molecule has 0 saturated carbocycles. The van der Waals surface area contributed by atoms with Gasteiger partial charge in [-0.3, -0.25) is 0 Å². The van der Waals surface area contributed by atoms with Crippen molar-refractivity contribution < 1.29 is 13.2 Å². The van der Waals surface area contributed by atoms with Crippen LogP contribution in [0.15, 0.2) is 23.1 Å². The van der Waals surface area contributed by atoms with Gasteiger partial charge in [-0.05, 0) is 37.5 Å². The Morgan fingerprint density at radius 2 is 2.29 bits per heavy atom. The molecule has 1 fully saturated rings. The summed E-state index contributed by atoms with van der Waals surface area (Å²) in [5.41, 5.74) is 6.80. The van der Waals surface area contributed by atoms with Crippen LogP contribution in [-0.4, -0.2) is 34.2 Å². The zero-order valence-electron chi connectivity index (χ0n) is 12.1. The molecule has 1 aliphatic heterocycles. The van der Waals surface area contributed by atoms with Crippen molar-refractivity contribution >= 4 is 10.0 Å². The summed E-state index contributed by atoms with van der Waals surface area (Å²) in [6, 6.07) is 4.93. The van der Waals surface area contributed by atoms with E-state index in [2.05, 4.69) is 16.6 Å². The molecule has 0 aliphatic carbocycles. The number of ether oxygens (including phenoxy) is 1. The van der Waals surface area contributed by atoms with Gasteiger partial charge in [-0.2, -0.15) is 0 Å². The highest BCUT2D eigenvalue weighted by atomic mass is 32.2. The van der Waals surface area contributed by atoms with Crippen molar-refractivity contribution in [3.8, 4) is 11.8 Å². The van der Waals surface area contributed by atoms with Crippen molar-refractivity contribution in [3.05, 3.63) is 29.3 Å². The van der Waals surface area contributed by atoms with E-state index in [1.807, 2.05) is 6.92 Å². The van der Waals surface area contributed by atoms with E-state index in [1.165, 1.54) is 0 Å². The highest BCUT2D eigenvalue weighted by Gasteiger charge is 2.24. The van der Waals surface area contributed by atoms with Crippen LogP contribution < -0.4 is 10.5 Å². The minimum atomic E-state index is -3.61. The summed E-state index contributed by atoms with van der Waals surface area (Å²) in [5.74, 6) is 5.54. The van der Waals surface area contributed by atoms with Crippen LogP contribution in [0.5, 0.6) is 0 Å². The molecule has 0 spiro atoms. The van der Waals surface area contributed by atoms with Crippen molar-refractivity contribution in [1.29, 1.82) is 0 Å². The fourth-order valence-corrected chi connectivity index (χ4v) is 3.64. The number of hydrogen-bond acceptors (Lipinski definition) is 4. The van der Waals surface area contributed by atoms with E-state index in [4.69, 9.17) is 10.5 Å². The molecule has 0 aromatic heterocycles. The molecular weight excluding hydrogens is 288 g/mol. The number of aryl methyl sites for hydroxylation is 1. The van der Waals surface area contributed by atoms with Gasteiger partial charge < -0.3 is 10.5 Å².